The molecule has 0 spiro atoms. The second kappa shape index (κ2) is 4.17. The number of aryl methyl sites for hydroxylation is 2. The van der Waals surface area contributed by atoms with Crippen LogP contribution in [0.2, 0.25) is 0 Å². The number of nitrogens with zero attached hydrogens (tertiary/aromatic N) is 1. The van der Waals surface area contributed by atoms with Crippen LogP contribution >= 0.6 is 0 Å². The van der Waals surface area contributed by atoms with Crippen LogP contribution in [-0.2, 0) is 12.8 Å². The molecule has 0 unspecified atom stereocenters. The lowest BCUT2D eigenvalue weighted by Gasteiger charge is -2.07. The van der Waals surface area contributed by atoms with Crippen LogP contribution in [0.5, 0.6) is 11.5 Å². The van der Waals surface area contributed by atoms with Gasteiger partial charge in [-0.05, 0) is 48.6 Å². The van der Waals surface area contributed by atoms with Crippen molar-refractivity contribution in [1.29, 1.82) is 0 Å². The van der Waals surface area contributed by atoms with E-state index in [0.29, 0.717) is 5.75 Å². The summed E-state index contributed by atoms with van der Waals surface area (Å²) in [6.07, 6.45) is 4.87. The number of hydrogen-bond acceptors (Lipinski definition) is 2. The van der Waals surface area contributed by atoms with Gasteiger partial charge in [-0.15, -0.1) is 0 Å². The van der Waals surface area contributed by atoms with Gasteiger partial charge in [0.2, 0.25) is 5.95 Å². The van der Waals surface area contributed by atoms with Crippen LogP contribution in [0, 0.1) is 5.95 Å². The zero-order chi connectivity index (χ0) is 11.7. The first-order valence-electron chi connectivity index (χ1n) is 5.72. The molecule has 0 bridgehead atoms. The van der Waals surface area contributed by atoms with E-state index in [1.165, 1.54) is 29.8 Å². The highest BCUT2D eigenvalue weighted by Gasteiger charge is 2.11. The van der Waals surface area contributed by atoms with Crippen LogP contribution in [0.15, 0.2) is 36.5 Å². The molecule has 0 N–H and O–H groups in total. The van der Waals surface area contributed by atoms with Gasteiger partial charge in [0.05, 0.1) is 0 Å². The normalized spacial score (nSPS) is 13.5. The highest BCUT2D eigenvalue weighted by molar-refractivity contribution is 5.40. The number of aromatic nitrogens is 1. The predicted octanol–water partition coefficient (Wildman–Crippen LogP) is 3.50. The molecule has 3 heteroatoms. The number of rotatable bonds is 2. The highest BCUT2D eigenvalue weighted by Crippen LogP contribution is 2.28. The molecule has 2 aromatic rings. The molecule has 1 aliphatic rings. The van der Waals surface area contributed by atoms with E-state index in [1.807, 2.05) is 12.1 Å². The van der Waals surface area contributed by atoms with Gasteiger partial charge >= 0.3 is 0 Å². The molecule has 1 heterocycles. The van der Waals surface area contributed by atoms with Crippen molar-refractivity contribution in [3.63, 3.8) is 0 Å². The van der Waals surface area contributed by atoms with Crippen molar-refractivity contribution in [1.82, 2.24) is 4.98 Å². The van der Waals surface area contributed by atoms with Crippen molar-refractivity contribution in [2.24, 2.45) is 0 Å². The van der Waals surface area contributed by atoms with Crippen molar-refractivity contribution in [2.75, 3.05) is 0 Å². The van der Waals surface area contributed by atoms with Gasteiger partial charge in [-0.2, -0.15) is 4.39 Å². The monoisotopic (exact) mass is 229 g/mol. The summed E-state index contributed by atoms with van der Waals surface area (Å²) in [6, 6.07) is 9.00. The van der Waals surface area contributed by atoms with Gasteiger partial charge in [0, 0.05) is 12.3 Å². The molecule has 0 aliphatic heterocycles. The molecule has 1 aromatic heterocycles. The van der Waals surface area contributed by atoms with Gasteiger partial charge in [-0.1, -0.05) is 6.07 Å². The summed E-state index contributed by atoms with van der Waals surface area (Å²) in [7, 11) is 0. The fourth-order valence-corrected chi connectivity index (χ4v) is 2.20. The summed E-state index contributed by atoms with van der Waals surface area (Å²) in [5.41, 5.74) is 2.75. The van der Waals surface area contributed by atoms with E-state index in [0.717, 1.165) is 18.6 Å². The van der Waals surface area contributed by atoms with E-state index < -0.39 is 5.95 Å². The number of ether oxygens (including phenoxy) is 1. The van der Waals surface area contributed by atoms with Crippen molar-refractivity contribution in [2.45, 2.75) is 19.3 Å². The minimum Gasteiger partial charge on any atom is -0.457 e. The maximum atomic E-state index is 12.9. The lowest BCUT2D eigenvalue weighted by Crippen LogP contribution is -1.89. The maximum Gasteiger partial charge on any atom is 0.216 e. The lowest BCUT2D eigenvalue weighted by molar-refractivity contribution is 0.471. The number of benzene rings is 1. The largest absolute Gasteiger partial charge is 0.457 e. The van der Waals surface area contributed by atoms with E-state index in [2.05, 4.69) is 11.1 Å². The molecular weight excluding hydrogens is 217 g/mol. The second-order valence-corrected chi connectivity index (χ2v) is 4.20. The quantitative estimate of drug-likeness (QED) is 0.735. The fraction of sp³-hybridized carbons (Fsp3) is 0.214. The van der Waals surface area contributed by atoms with E-state index in [-0.39, 0.29) is 0 Å². The third kappa shape index (κ3) is 2.13. The van der Waals surface area contributed by atoms with Gasteiger partial charge in [-0.25, -0.2) is 4.98 Å². The zero-order valence-electron chi connectivity index (χ0n) is 9.32. The van der Waals surface area contributed by atoms with Crippen LogP contribution < -0.4 is 4.74 Å². The smallest absolute Gasteiger partial charge is 0.216 e. The number of fused-ring (bicyclic) bond motifs is 1. The van der Waals surface area contributed by atoms with Crippen LogP contribution in [0.3, 0.4) is 0 Å². The van der Waals surface area contributed by atoms with Gasteiger partial charge in [-0.3, -0.25) is 0 Å². The van der Waals surface area contributed by atoms with Gasteiger partial charge in [0.25, 0.3) is 0 Å². The predicted molar refractivity (Wildman–Crippen MR) is 62.7 cm³/mol. The Kier molecular flexibility index (Phi) is 2.52. The third-order valence-corrected chi connectivity index (χ3v) is 3.00. The van der Waals surface area contributed by atoms with Crippen LogP contribution in [0.4, 0.5) is 4.39 Å². The highest BCUT2D eigenvalue weighted by atomic mass is 19.1. The maximum absolute atomic E-state index is 12.9. The zero-order valence-corrected chi connectivity index (χ0v) is 9.32. The topological polar surface area (TPSA) is 22.1 Å². The summed E-state index contributed by atoms with van der Waals surface area (Å²) in [5.74, 6) is 0.718. The van der Waals surface area contributed by atoms with Crippen molar-refractivity contribution in [3.8, 4) is 11.5 Å². The fourth-order valence-electron chi connectivity index (χ4n) is 2.20. The van der Waals surface area contributed by atoms with Gasteiger partial charge in [0.1, 0.15) is 11.5 Å². The van der Waals surface area contributed by atoms with E-state index in [9.17, 15) is 4.39 Å². The Morgan fingerprint density at radius 1 is 1.00 bits per heavy atom. The summed E-state index contributed by atoms with van der Waals surface area (Å²) >= 11 is 0. The summed E-state index contributed by atoms with van der Waals surface area (Å²) in [5, 5.41) is 0. The number of hydrogen-bond donors (Lipinski definition) is 0. The van der Waals surface area contributed by atoms with Crippen molar-refractivity contribution < 1.29 is 9.13 Å². The molecule has 1 aliphatic carbocycles. The third-order valence-electron chi connectivity index (χ3n) is 3.00. The molecule has 86 valence electrons. The molecule has 17 heavy (non-hydrogen) atoms. The molecule has 0 saturated carbocycles. The molecule has 0 fully saturated rings. The summed E-state index contributed by atoms with van der Waals surface area (Å²) in [6.45, 7) is 0. The Labute approximate surface area is 99.1 Å². The van der Waals surface area contributed by atoms with Crippen molar-refractivity contribution >= 4 is 0 Å². The Morgan fingerprint density at radius 2 is 1.82 bits per heavy atom. The molecule has 0 amide bonds. The Bertz CT molecular complexity index is 554. The van der Waals surface area contributed by atoms with Gasteiger partial charge in [0.15, 0.2) is 0 Å². The first-order chi connectivity index (χ1) is 8.31. The minimum absolute atomic E-state index is 0.482. The van der Waals surface area contributed by atoms with Crippen LogP contribution in [0.1, 0.15) is 17.5 Å². The Balaban J connectivity index is 1.86. The molecule has 0 radical (unpaired) electrons. The molecule has 1 aromatic carbocycles. The molecular formula is C14H12FNO. The Hall–Kier alpha value is -1.90. The first-order valence-corrected chi connectivity index (χ1v) is 5.72. The average Bonchev–Trinajstić information content (AvgIpc) is 2.76. The van der Waals surface area contributed by atoms with Crippen LogP contribution in [-0.4, -0.2) is 4.98 Å². The van der Waals surface area contributed by atoms with E-state index in [4.69, 9.17) is 4.74 Å². The number of halogens is 1. The molecule has 3 rings (SSSR count). The minimum atomic E-state index is -0.524. The van der Waals surface area contributed by atoms with Crippen LogP contribution in [0.25, 0.3) is 0 Å². The molecule has 2 nitrogen and oxygen atoms in total. The Morgan fingerprint density at radius 3 is 2.71 bits per heavy atom. The number of pyridine rings is 1. The van der Waals surface area contributed by atoms with E-state index in [1.54, 1.807) is 6.07 Å². The molecule has 0 saturated heterocycles. The first kappa shape index (κ1) is 10.3. The van der Waals surface area contributed by atoms with E-state index >= 15 is 0 Å². The second-order valence-electron chi connectivity index (χ2n) is 4.20. The van der Waals surface area contributed by atoms with Crippen molar-refractivity contribution in [3.05, 3.63) is 53.6 Å². The summed E-state index contributed by atoms with van der Waals surface area (Å²) in [4.78, 5) is 3.49. The standard InChI is InChI=1S/C14H12FNO/c15-14-9-13(6-7-16-14)17-12-5-4-10-2-1-3-11(10)8-12/h4-9H,1-3H2. The lowest BCUT2D eigenvalue weighted by atomic mass is 10.1. The van der Waals surface area contributed by atoms with Gasteiger partial charge < -0.3 is 4.74 Å². The molecule has 0 atom stereocenters. The summed E-state index contributed by atoms with van der Waals surface area (Å²) < 4.78 is 18.5. The SMILES string of the molecule is Fc1cc(Oc2ccc3c(c2)CCC3)ccn1. The average molecular weight is 229 g/mol.